The number of rotatable bonds is 5. The molecule has 0 aliphatic heterocycles. The fraction of sp³-hybridized carbons (Fsp3) is 0.188. The molecule has 2 rings (SSSR count). The number of aliphatic hydroxyl groups excluding tert-OH is 1. The normalized spacial score (nSPS) is 11.8. The first-order chi connectivity index (χ1) is 10.1. The third-order valence-electron chi connectivity index (χ3n) is 3.07. The van der Waals surface area contributed by atoms with Crippen molar-refractivity contribution in [3.8, 4) is 0 Å². The largest absolute Gasteiger partial charge is 0.468 e. The average Bonchev–Trinajstić information content (AvgIpc) is 2.53. The minimum Gasteiger partial charge on any atom is -0.468 e. The van der Waals surface area contributed by atoms with Crippen molar-refractivity contribution in [1.82, 2.24) is 0 Å². The summed E-state index contributed by atoms with van der Waals surface area (Å²) in [5.74, 6) is -0.384. The van der Waals surface area contributed by atoms with Crippen LogP contribution in [0.2, 0.25) is 5.02 Å². The summed E-state index contributed by atoms with van der Waals surface area (Å²) >= 11 is 6.01. The number of hydrogen-bond donors (Lipinski definition) is 2. The van der Waals surface area contributed by atoms with Crippen LogP contribution < -0.4 is 5.32 Å². The monoisotopic (exact) mass is 305 g/mol. The summed E-state index contributed by atoms with van der Waals surface area (Å²) in [5, 5.41) is 14.0. The molecule has 0 spiro atoms. The molecule has 2 aromatic carbocycles. The van der Waals surface area contributed by atoms with Gasteiger partial charge in [-0.1, -0.05) is 41.9 Å². The Balaban J connectivity index is 2.28. The fourth-order valence-corrected chi connectivity index (χ4v) is 2.16. The molecule has 0 unspecified atom stereocenters. The van der Waals surface area contributed by atoms with Crippen LogP contribution in [0.25, 0.3) is 0 Å². The zero-order valence-electron chi connectivity index (χ0n) is 11.5. The predicted octanol–water partition coefficient (Wildman–Crippen LogP) is 3.01. The van der Waals surface area contributed by atoms with Gasteiger partial charge < -0.3 is 15.2 Å². The third kappa shape index (κ3) is 3.97. The van der Waals surface area contributed by atoms with E-state index in [2.05, 4.69) is 10.1 Å². The molecule has 0 amide bonds. The summed E-state index contributed by atoms with van der Waals surface area (Å²) in [4.78, 5) is 11.2. The molecule has 0 aliphatic rings. The van der Waals surface area contributed by atoms with Crippen molar-refractivity contribution in [1.29, 1.82) is 0 Å². The first kappa shape index (κ1) is 15.4. The summed E-state index contributed by atoms with van der Waals surface area (Å²) in [6.45, 7) is 0.0205. The summed E-state index contributed by atoms with van der Waals surface area (Å²) < 4.78 is 4.59. The molecule has 2 aromatic rings. The summed E-state index contributed by atoms with van der Waals surface area (Å²) in [5.41, 5.74) is 2.00. The number of esters is 1. The van der Waals surface area contributed by atoms with Gasteiger partial charge in [-0.3, -0.25) is 4.79 Å². The van der Waals surface area contributed by atoms with E-state index >= 15 is 0 Å². The van der Waals surface area contributed by atoms with Gasteiger partial charge in [-0.15, -0.1) is 0 Å². The van der Waals surface area contributed by atoms with Crippen molar-refractivity contribution in [3.63, 3.8) is 0 Å². The van der Waals surface area contributed by atoms with Gasteiger partial charge in [0.15, 0.2) is 0 Å². The molecular formula is C16H16ClNO3. The maximum absolute atomic E-state index is 11.2. The van der Waals surface area contributed by atoms with Crippen molar-refractivity contribution in [2.45, 2.75) is 6.10 Å². The maximum atomic E-state index is 11.2. The number of methoxy groups -OCH3 is 1. The van der Waals surface area contributed by atoms with Crippen LogP contribution in [0.5, 0.6) is 0 Å². The second kappa shape index (κ2) is 7.11. The van der Waals surface area contributed by atoms with E-state index in [-0.39, 0.29) is 12.5 Å². The van der Waals surface area contributed by atoms with Gasteiger partial charge in [-0.2, -0.15) is 0 Å². The maximum Gasteiger partial charge on any atom is 0.325 e. The molecule has 0 aliphatic carbocycles. The molecule has 0 aromatic heterocycles. The third-order valence-corrected chi connectivity index (χ3v) is 3.31. The first-order valence-corrected chi connectivity index (χ1v) is 6.82. The van der Waals surface area contributed by atoms with Crippen molar-refractivity contribution < 1.29 is 14.6 Å². The van der Waals surface area contributed by atoms with Gasteiger partial charge in [0.1, 0.15) is 12.6 Å². The molecular weight excluding hydrogens is 290 g/mol. The number of nitrogens with one attached hydrogen (secondary N) is 1. The van der Waals surface area contributed by atoms with E-state index in [0.717, 1.165) is 5.56 Å². The predicted molar refractivity (Wildman–Crippen MR) is 82.5 cm³/mol. The number of anilines is 1. The van der Waals surface area contributed by atoms with Crippen LogP contribution in [0.4, 0.5) is 5.69 Å². The molecule has 0 bridgehead atoms. The lowest BCUT2D eigenvalue weighted by Crippen LogP contribution is -2.16. The minimum atomic E-state index is -0.829. The molecule has 0 fully saturated rings. The molecule has 0 saturated heterocycles. The van der Waals surface area contributed by atoms with E-state index in [9.17, 15) is 9.90 Å². The molecule has 21 heavy (non-hydrogen) atoms. The fourth-order valence-electron chi connectivity index (χ4n) is 1.98. The number of halogens is 1. The number of aliphatic hydroxyl groups is 1. The second-order valence-corrected chi connectivity index (χ2v) is 4.91. The molecule has 110 valence electrons. The highest BCUT2D eigenvalue weighted by Gasteiger charge is 2.15. The van der Waals surface area contributed by atoms with Gasteiger partial charge in [0.05, 0.1) is 7.11 Å². The summed E-state index contributed by atoms with van der Waals surface area (Å²) in [6, 6.07) is 14.3. The molecule has 0 saturated carbocycles. The molecule has 2 N–H and O–H groups in total. The molecule has 4 nitrogen and oxygen atoms in total. The molecule has 0 radical (unpaired) electrons. The van der Waals surface area contributed by atoms with Crippen LogP contribution in [0, 0.1) is 0 Å². The smallest absolute Gasteiger partial charge is 0.325 e. The highest BCUT2D eigenvalue weighted by molar-refractivity contribution is 6.30. The van der Waals surface area contributed by atoms with E-state index in [0.29, 0.717) is 16.3 Å². The molecule has 1 atom stereocenters. The van der Waals surface area contributed by atoms with Gasteiger partial charge in [0.25, 0.3) is 0 Å². The zero-order chi connectivity index (χ0) is 15.2. The summed E-state index contributed by atoms with van der Waals surface area (Å²) in [6.07, 6.45) is -0.829. The van der Waals surface area contributed by atoms with Gasteiger partial charge in [0.2, 0.25) is 0 Å². The highest BCUT2D eigenvalue weighted by Crippen LogP contribution is 2.30. The topological polar surface area (TPSA) is 58.6 Å². The average molecular weight is 306 g/mol. The second-order valence-electron chi connectivity index (χ2n) is 4.47. The van der Waals surface area contributed by atoms with Gasteiger partial charge in [-0.05, 0) is 23.8 Å². The Bertz CT molecular complexity index is 616. The lowest BCUT2D eigenvalue weighted by atomic mass is 10.00. The Labute approximate surface area is 128 Å². The van der Waals surface area contributed by atoms with Crippen molar-refractivity contribution >= 4 is 23.3 Å². The molecule has 0 heterocycles. The van der Waals surface area contributed by atoms with Crippen LogP contribution in [0.15, 0.2) is 48.5 Å². The standard InChI is InChI=1S/C16H16ClNO3/c1-21-15(19)10-18-14-8-7-12(17)9-13(14)16(20)11-5-3-2-4-6-11/h2-9,16,18,20H,10H2,1H3/t16-/m0/s1. The van der Waals surface area contributed by atoms with Gasteiger partial charge in [-0.25, -0.2) is 0 Å². The van der Waals surface area contributed by atoms with E-state index < -0.39 is 6.10 Å². The van der Waals surface area contributed by atoms with Crippen LogP contribution >= 0.6 is 11.6 Å². The first-order valence-electron chi connectivity index (χ1n) is 6.45. The van der Waals surface area contributed by atoms with Crippen molar-refractivity contribution in [3.05, 3.63) is 64.7 Å². The minimum absolute atomic E-state index is 0.0205. The lowest BCUT2D eigenvalue weighted by molar-refractivity contribution is -0.138. The molecule has 5 heteroatoms. The number of carbonyl (C=O) groups excluding carboxylic acids is 1. The quantitative estimate of drug-likeness (QED) is 0.834. The zero-order valence-corrected chi connectivity index (χ0v) is 12.3. The number of carbonyl (C=O) groups is 1. The Hall–Kier alpha value is -2.04. The van der Waals surface area contributed by atoms with Crippen molar-refractivity contribution in [2.24, 2.45) is 0 Å². The van der Waals surface area contributed by atoms with Crippen LogP contribution in [-0.4, -0.2) is 24.7 Å². The van der Waals surface area contributed by atoms with E-state index in [4.69, 9.17) is 11.6 Å². The summed E-state index contributed by atoms with van der Waals surface area (Å²) in [7, 11) is 1.33. The van der Waals surface area contributed by atoms with E-state index in [1.165, 1.54) is 7.11 Å². The van der Waals surface area contributed by atoms with Gasteiger partial charge in [0, 0.05) is 16.3 Å². The lowest BCUT2D eigenvalue weighted by Gasteiger charge is -2.17. The van der Waals surface area contributed by atoms with E-state index in [1.54, 1.807) is 18.2 Å². The number of benzene rings is 2. The Morgan fingerprint density at radius 1 is 1.29 bits per heavy atom. The number of hydrogen-bond acceptors (Lipinski definition) is 4. The SMILES string of the molecule is COC(=O)CNc1ccc(Cl)cc1[C@@H](O)c1ccccc1. The van der Waals surface area contributed by atoms with Gasteiger partial charge >= 0.3 is 5.97 Å². The van der Waals surface area contributed by atoms with Crippen LogP contribution in [-0.2, 0) is 9.53 Å². The van der Waals surface area contributed by atoms with E-state index in [1.807, 2.05) is 30.3 Å². The van der Waals surface area contributed by atoms with Crippen molar-refractivity contribution in [2.75, 3.05) is 19.0 Å². The Morgan fingerprint density at radius 2 is 2.00 bits per heavy atom. The van der Waals surface area contributed by atoms with Crippen LogP contribution in [0.1, 0.15) is 17.2 Å². The van der Waals surface area contributed by atoms with Crippen LogP contribution in [0.3, 0.4) is 0 Å². The Kier molecular flexibility index (Phi) is 5.20. The number of ether oxygens (including phenoxy) is 1. The highest BCUT2D eigenvalue weighted by atomic mass is 35.5. The Morgan fingerprint density at radius 3 is 2.67 bits per heavy atom.